The zero-order chi connectivity index (χ0) is 27.5. The maximum absolute atomic E-state index is 11.5. The van der Waals surface area contributed by atoms with E-state index in [0.717, 1.165) is 61.7 Å². The number of aliphatic hydroxyl groups excluding tert-OH is 1. The van der Waals surface area contributed by atoms with Gasteiger partial charge in [0.15, 0.2) is 0 Å². The number of carbonyl (C=O) groups is 1. The Balaban J connectivity index is 1.31. The molecule has 4 rings (SSSR count). The van der Waals surface area contributed by atoms with Crippen LogP contribution in [-0.2, 0) is 4.74 Å². The van der Waals surface area contributed by atoms with Gasteiger partial charge in [0, 0.05) is 0 Å². The van der Waals surface area contributed by atoms with Gasteiger partial charge in [0.2, 0.25) is 0 Å². The third kappa shape index (κ3) is 6.16. The van der Waals surface area contributed by atoms with Crippen LogP contribution >= 0.6 is 0 Å². The van der Waals surface area contributed by atoms with Crippen LogP contribution in [0.25, 0.3) is 0 Å². The van der Waals surface area contributed by atoms with Crippen LogP contribution in [0.3, 0.4) is 0 Å². The predicted octanol–water partition coefficient (Wildman–Crippen LogP) is 8.80. The first-order chi connectivity index (χ1) is 18.1. The van der Waals surface area contributed by atoms with E-state index in [4.69, 9.17) is 10.5 Å². The Morgan fingerprint density at radius 2 is 1.82 bits per heavy atom. The summed E-state index contributed by atoms with van der Waals surface area (Å²) in [5.74, 6) is 4.49. The van der Waals surface area contributed by atoms with E-state index >= 15 is 0 Å². The van der Waals surface area contributed by atoms with Crippen LogP contribution in [0.5, 0.6) is 0 Å². The first-order valence-electron chi connectivity index (χ1n) is 16.4. The summed E-state index contributed by atoms with van der Waals surface area (Å²) in [6.07, 6.45) is 21.1. The highest BCUT2D eigenvalue weighted by Crippen LogP contribution is 2.67. The van der Waals surface area contributed by atoms with E-state index in [-0.39, 0.29) is 12.2 Å². The summed E-state index contributed by atoms with van der Waals surface area (Å²) in [4.78, 5) is 11.5. The average molecular weight is 530 g/mol. The first kappa shape index (κ1) is 29.9. The van der Waals surface area contributed by atoms with Gasteiger partial charge in [0.25, 0.3) is 0 Å². The summed E-state index contributed by atoms with van der Waals surface area (Å²) in [6.45, 7) is 12.2. The van der Waals surface area contributed by atoms with Crippen molar-refractivity contribution >= 4 is 6.09 Å². The number of unbranched alkanes of at least 4 members (excludes halogenated alkanes) is 3. The van der Waals surface area contributed by atoms with E-state index in [9.17, 15) is 9.90 Å². The third-order valence-corrected chi connectivity index (χ3v) is 12.4. The first-order valence-corrected chi connectivity index (χ1v) is 16.4. The number of carbonyl (C=O) groups excluding carboxylic acids is 1. The second kappa shape index (κ2) is 12.6. The fraction of sp³-hybridized carbons (Fsp3) is 0.912. The molecule has 0 aromatic rings. The van der Waals surface area contributed by atoms with Crippen molar-refractivity contribution < 1.29 is 14.6 Å². The van der Waals surface area contributed by atoms with Crippen LogP contribution in [0.1, 0.15) is 137 Å². The molecule has 4 nitrogen and oxygen atoms in total. The number of ether oxygens (including phenoxy) is 1. The van der Waals surface area contributed by atoms with Crippen LogP contribution in [0.2, 0.25) is 0 Å². The molecule has 38 heavy (non-hydrogen) atoms. The number of hydrogen-bond donors (Lipinski definition) is 2. The Morgan fingerprint density at radius 1 is 1.03 bits per heavy atom. The van der Waals surface area contributed by atoms with Crippen LogP contribution < -0.4 is 5.73 Å². The minimum absolute atomic E-state index is 0.0326. The zero-order valence-corrected chi connectivity index (χ0v) is 25.4. The number of primary amides is 1. The smallest absolute Gasteiger partial charge is 0.404 e. The second-order valence-corrected chi connectivity index (χ2v) is 14.6. The molecule has 0 heterocycles. The lowest BCUT2D eigenvalue weighted by atomic mass is 9.47. The molecule has 3 fully saturated rings. The molecule has 10 atom stereocenters. The number of nitrogens with two attached hydrogens (primary N) is 1. The molecule has 0 radical (unpaired) electrons. The standard InChI is InChI=1S/C34H59NO3/c1-6-7-8-9-13-31(38-32(35)37)24(3)12-10-11-23(2)28-16-17-29-27-15-14-25-22-26(36)18-20-33(25,4)30(27)19-21-34(28,29)5/h14,23-24,26-31,36H,6-13,15-22H2,1-5H3,(H2,35,37)/t23?,24?,26-,27-,28+,29-,30-,31?,33-,34+/m0/s1. The van der Waals surface area contributed by atoms with Gasteiger partial charge in [-0.05, 0) is 117 Å². The Bertz CT molecular complexity index is 825. The summed E-state index contributed by atoms with van der Waals surface area (Å²) < 4.78 is 5.56. The van der Waals surface area contributed by atoms with E-state index in [2.05, 4.69) is 40.7 Å². The average Bonchev–Trinajstić information content (AvgIpc) is 3.23. The van der Waals surface area contributed by atoms with Gasteiger partial charge in [-0.25, -0.2) is 4.79 Å². The zero-order valence-electron chi connectivity index (χ0n) is 25.4. The minimum Gasteiger partial charge on any atom is -0.446 e. The topological polar surface area (TPSA) is 72.5 Å². The lowest BCUT2D eigenvalue weighted by Crippen LogP contribution is -2.50. The van der Waals surface area contributed by atoms with Crippen molar-refractivity contribution in [3.05, 3.63) is 11.6 Å². The monoisotopic (exact) mass is 529 g/mol. The predicted molar refractivity (Wildman–Crippen MR) is 157 cm³/mol. The SMILES string of the molecule is CCCCCCC(OC(N)=O)C(C)CCCC(C)[C@H]1CC[C@H]2[C@@H]3CC=C4C[C@@H](O)CC[C@]4(C)[C@H]3CC[C@]12C. The molecule has 0 spiro atoms. The quantitative estimate of drug-likeness (QED) is 0.196. The molecule has 0 bridgehead atoms. The molecule has 3 unspecified atom stereocenters. The van der Waals surface area contributed by atoms with Crippen LogP contribution in [0.15, 0.2) is 11.6 Å². The molecular formula is C34H59NO3. The summed E-state index contributed by atoms with van der Waals surface area (Å²) in [7, 11) is 0. The molecule has 3 N–H and O–H groups in total. The lowest BCUT2D eigenvalue weighted by molar-refractivity contribution is -0.0573. The molecule has 4 aliphatic rings. The maximum Gasteiger partial charge on any atom is 0.404 e. The van der Waals surface area contributed by atoms with Crippen LogP contribution in [-0.4, -0.2) is 23.4 Å². The third-order valence-electron chi connectivity index (χ3n) is 12.4. The Labute approximate surface area is 233 Å². The van der Waals surface area contributed by atoms with Crippen molar-refractivity contribution in [3.8, 4) is 0 Å². The van der Waals surface area contributed by atoms with Crippen molar-refractivity contribution in [1.29, 1.82) is 0 Å². The van der Waals surface area contributed by atoms with Crippen molar-refractivity contribution in [2.75, 3.05) is 0 Å². The molecule has 218 valence electrons. The minimum atomic E-state index is -0.617. The summed E-state index contributed by atoms with van der Waals surface area (Å²) >= 11 is 0. The summed E-state index contributed by atoms with van der Waals surface area (Å²) in [6, 6.07) is 0. The highest BCUT2D eigenvalue weighted by atomic mass is 16.6. The highest BCUT2D eigenvalue weighted by molar-refractivity contribution is 5.64. The van der Waals surface area contributed by atoms with Gasteiger partial charge in [0.05, 0.1) is 6.10 Å². The summed E-state index contributed by atoms with van der Waals surface area (Å²) in [5, 5.41) is 10.3. The molecule has 3 saturated carbocycles. The molecule has 1 amide bonds. The number of hydrogen-bond acceptors (Lipinski definition) is 3. The van der Waals surface area contributed by atoms with E-state index in [1.54, 1.807) is 5.57 Å². The Morgan fingerprint density at radius 3 is 2.55 bits per heavy atom. The number of aliphatic hydroxyl groups is 1. The number of fused-ring (bicyclic) bond motifs is 5. The molecule has 0 aromatic carbocycles. The van der Waals surface area contributed by atoms with Crippen molar-refractivity contribution in [2.24, 2.45) is 52.1 Å². The Kier molecular flexibility index (Phi) is 9.97. The van der Waals surface area contributed by atoms with Gasteiger partial charge in [-0.15, -0.1) is 0 Å². The van der Waals surface area contributed by atoms with Gasteiger partial charge in [0.1, 0.15) is 6.10 Å². The molecular weight excluding hydrogens is 470 g/mol. The van der Waals surface area contributed by atoms with Gasteiger partial charge >= 0.3 is 6.09 Å². The maximum atomic E-state index is 11.5. The fourth-order valence-corrected chi connectivity index (χ4v) is 10.1. The van der Waals surface area contributed by atoms with Gasteiger partial charge in [-0.2, -0.15) is 0 Å². The van der Waals surface area contributed by atoms with Crippen LogP contribution in [0.4, 0.5) is 4.79 Å². The van der Waals surface area contributed by atoms with E-state index in [1.807, 2.05) is 0 Å². The van der Waals surface area contributed by atoms with E-state index in [0.29, 0.717) is 16.7 Å². The molecule has 0 aromatic heterocycles. The Hall–Kier alpha value is -1.03. The van der Waals surface area contributed by atoms with E-state index < -0.39 is 6.09 Å². The second-order valence-electron chi connectivity index (χ2n) is 14.6. The van der Waals surface area contributed by atoms with Crippen LogP contribution in [0, 0.1) is 46.3 Å². The molecule has 4 aliphatic carbocycles. The normalized spacial score (nSPS) is 38.8. The molecule has 0 aliphatic heterocycles. The van der Waals surface area contributed by atoms with Gasteiger partial charge in [-0.3, -0.25) is 0 Å². The largest absolute Gasteiger partial charge is 0.446 e. The molecule has 4 heteroatoms. The summed E-state index contributed by atoms with van der Waals surface area (Å²) in [5.41, 5.74) is 7.83. The van der Waals surface area contributed by atoms with Crippen molar-refractivity contribution in [3.63, 3.8) is 0 Å². The molecule has 0 saturated heterocycles. The lowest BCUT2D eigenvalue weighted by Gasteiger charge is -2.58. The van der Waals surface area contributed by atoms with E-state index in [1.165, 1.54) is 70.6 Å². The van der Waals surface area contributed by atoms with Gasteiger partial charge < -0.3 is 15.6 Å². The highest BCUT2D eigenvalue weighted by Gasteiger charge is 2.59. The number of rotatable bonds is 12. The van der Waals surface area contributed by atoms with Crippen molar-refractivity contribution in [2.45, 2.75) is 150 Å². The fourth-order valence-electron chi connectivity index (χ4n) is 10.1. The van der Waals surface area contributed by atoms with Gasteiger partial charge in [-0.1, -0.05) is 78.4 Å². The van der Waals surface area contributed by atoms with Crippen molar-refractivity contribution in [1.82, 2.24) is 0 Å². The number of allylic oxidation sites excluding steroid dienone is 1. The number of amides is 1.